The van der Waals surface area contributed by atoms with E-state index in [9.17, 15) is 24.3 Å². The minimum Gasteiger partial charge on any atom is -0.480 e. The molecule has 2 aromatic carbocycles. The number of aromatic amines is 1. The first-order valence-corrected chi connectivity index (χ1v) is 12.6. The van der Waals surface area contributed by atoms with Crippen LogP contribution in [0.5, 0.6) is 0 Å². The van der Waals surface area contributed by atoms with Gasteiger partial charge >= 0.3 is 5.97 Å². The zero-order valence-electron chi connectivity index (χ0n) is 20.9. The standard InChI is InChI=1S/C28H30N4O5/c1-4-14(2)22(26(34)29-15(3)28(36)37)31-25(33)21-13-19-16-9-7-8-12-20(16)30-23(19)24-17-10-5-6-11-18(17)27(35)32(21)24/h5-12,14-15,21-22,24,30H,4,13H2,1-3H3,(H,29,34)(H,31,33)(H,36,37)/t14-,15+,21-,22-,24+/m0/s1. The molecule has 3 aromatic rings. The lowest BCUT2D eigenvalue weighted by molar-refractivity contribution is -0.142. The number of hydrogen-bond acceptors (Lipinski definition) is 4. The molecule has 1 aromatic heterocycles. The molecule has 0 aliphatic carbocycles. The third-order valence-corrected chi connectivity index (χ3v) is 7.68. The Bertz CT molecular complexity index is 1410. The SMILES string of the molecule is CC[C@H](C)[C@H](NC(=O)[C@@H]1Cc2c([nH]c3ccccc23)[C@H]2c3ccccc3C(=O)N21)C(=O)N[C@H](C)C(=O)O. The van der Waals surface area contributed by atoms with Gasteiger partial charge in [0.15, 0.2) is 0 Å². The number of rotatable bonds is 7. The number of hydrogen-bond donors (Lipinski definition) is 4. The molecule has 0 fully saturated rings. The highest BCUT2D eigenvalue weighted by Crippen LogP contribution is 2.46. The van der Waals surface area contributed by atoms with Crippen molar-refractivity contribution in [1.29, 1.82) is 0 Å². The summed E-state index contributed by atoms with van der Waals surface area (Å²) in [5.41, 5.74) is 4.21. The van der Waals surface area contributed by atoms with Crippen LogP contribution in [0.4, 0.5) is 0 Å². The number of carboxylic acid groups (broad SMARTS) is 1. The largest absolute Gasteiger partial charge is 0.480 e. The van der Waals surface area contributed by atoms with Gasteiger partial charge in [-0.15, -0.1) is 0 Å². The molecule has 0 unspecified atom stereocenters. The van der Waals surface area contributed by atoms with Crippen molar-refractivity contribution in [2.75, 3.05) is 0 Å². The number of fused-ring (bicyclic) bond motifs is 7. The van der Waals surface area contributed by atoms with E-state index in [1.54, 1.807) is 11.0 Å². The van der Waals surface area contributed by atoms with E-state index in [4.69, 9.17) is 0 Å². The second kappa shape index (κ2) is 9.38. The highest BCUT2D eigenvalue weighted by Gasteiger charge is 2.49. The number of aromatic nitrogens is 1. The van der Waals surface area contributed by atoms with E-state index in [2.05, 4.69) is 15.6 Å². The van der Waals surface area contributed by atoms with E-state index in [1.807, 2.05) is 56.3 Å². The first-order chi connectivity index (χ1) is 17.7. The number of benzene rings is 2. The minimum atomic E-state index is -1.16. The van der Waals surface area contributed by atoms with Crippen molar-refractivity contribution >= 4 is 34.6 Å². The van der Waals surface area contributed by atoms with Crippen LogP contribution in [0.25, 0.3) is 10.9 Å². The lowest BCUT2D eigenvalue weighted by Gasteiger charge is -2.38. The van der Waals surface area contributed by atoms with Crippen molar-refractivity contribution in [2.24, 2.45) is 5.92 Å². The maximum Gasteiger partial charge on any atom is 0.325 e. The number of H-pyrrole nitrogens is 1. The summed E-state index contributed by atoms with van der Waals surface area (Å²) in [7, 11) is 0. The van der Waals surface area contributed by atoms with Gasteiger partial charge in [-0.25, -0.2) is 0 Å². The van der Waals surface area contributed by atoms with Crippen molar-refractivity contribution in [2.45, 2.75) is 57.8 Å². The van der Waals surface area contributed by atoms with E-state index in [0.29, 0.717) is 18.4 Å². The summed E-state index contributed by atoms with van der Waals surface area (Å²) in [6.07, 6.45) is 0.884. The predicted octanol–water partition coefficient (Wildman–Crippen LogP) is 2.76. The molecule has 0 spiro atoms. The Hall–Kier alpha value is -4.14. The van der Waals surface area contributed by atoms with Crippen LogP contribution in [0, 0.1) is 5.92 Å². The molecule has 0 radical (unpaired) electrons. The average Bonchev–Trinajstić information content (AvgIpc) is 3.41. The van der Waals surface area contributed by atoms with Crippen LogP contribution in [0.3, 0.4) is 0 Å². The van der Waals surface area contributed by atoms with Crippen molar-refractivity contribution in [3.05, 3.63) is 70.9 Å². The van der Waals surface area contributed by atoms with Crippen LogP contribution >= 0.6 is 0 Å². The maximum atomic E-state index is 13.8. The van der Waals surface area contributed by atoms with Gasteiger partial charge < -0.3 is 25.6 Å². The van der Waals surface area contributed by atoms with Gasteiger partial charge in [-0.1, -0.05) is 56.7 Å². The fraction of sp³-hybridized carbons (Fsp3) is 0.357. The molecule has 9 heteroatoms. The third-order valence-electron chi connectivity index (χ3n) is 7.68. The molecule has 192 valence electrons. The van der Waals surface area contributed by atoms with Crippen molar-refractivity contribution in [3.63, 3.8) is 0 Å². The summed E-state index contributed by atoms with van der Waals surface area (Å²) in [4.78, 5) is 56.8. The molecule has 2 aliphatic rings. The van der Waals surface area contributed by atoms with Crippen LogP contribution in [-0.4, -0.2) is 56.8 Å². The summed E-state index contributed by atoms with van der Waals surface area (Å²) in [6, 6.07) is 11.9. The van der Waals surface area contributed by atoms with Gasteiger partial charge in [-0.2, -0.15) is 0 Å². The van der Waals surface area contributed by atoms with E-state index < -0.39 is 42.0 Å². The van der Waals surface area contributed by atoms with Gasteiger partial charge in [0, 0.05) is 28.6 Å². The molecule has 3 amide bonds. The number of aliphatic carboxylic acids is 1. The Morgan fingerprint density at radius 2 is 1.78 bits per heavy atom. The van der Waals surface area contributed by atoms with Crippen molar-refractivity contribution < 1.29 is 24.3 Å². The van der Waals surface area contributed by atoms with E-state index >= 15 is 0 Å². The Balaban J connectivity index is 1.53. The van der Waals surface area contributed by atoms with E-state index in [-0.39, 0.29) is 11.8 Å². The van der Waals surface area contributed by atoms with E-state index in [0.717, 1.165) is 27.7 Å². The van der Waals surface area contributed by atoms with Gasteiger partial charge in [0.1, 0.15) is 18.1 Å². The van der Waals surface area contributed by atoms with Crippen LogP contribution in [0.2, 0.25) is 0 Å². The van der Waals surface area contributed by atoms with Crippen molar-refractivity contribution in [1.82, 2.24) is 20.5 Å². The highest BCUT2D eigenvalue weighted by atomic mass is 16.4. The highest BCUT2D eigenvalue weighted by molar-refractivity contribution is 6.04. The second-order valence-corrected chi connectivity index (χ2v) is 9.93. The topological polar surface area (TPSA) is 132 Å². The molecule has 4 N–H and O–H groups in total. The maximum absolute atomic E-state index is 13.8. The molecule has 37 heavy (non-hydrogen) atoms. The molecule has 0 bridgehead atoms. The molecule has 5 rings (SSSR count). The van der Waals surface area contributed by atoms with Crippen LogP contribution in [-0.2, 0) is 20.8 Å². The molecular weight excluding hydrogens is 472 g/mol. The summed E-state index contributed by atoms with van der Waals surface area (Å²) in [5, 5.41) is 15.6. The quantitative estimate of drug-likeness (QED) is 0.395. The number of carboxylic acids is 1. The summed E-state index contributed by atoms with van der Waals surface area (Å²) in [6.45, 7) is 5.10. The summed E-state index contributed by atoms with van der Waals surface area (Å²) >= 11 is 0. The predicted molar refractivity (Wildman–Crippen MR) is 137 cm³/mol. The lowest BCUT2D eigenvalue weighted by Crippen LogP contribution is -2.59. The number of carbonyl (C=O) groups is 4. The van der Waals surface area contributed by atoms with Crippen molar-refractivity contribution in [3.8, 4) is 0 Å². The number of carbonyl (C=O) groups excluding carboxylic acids is 3. The summed E-state index contributed by atoms with van der Waals surface area (Å²) in [5.74, 6) is -2.64. The average molecular weight is 503 g/mol. The number of nitrogens with one attached hydrogen (secondary N) is 3. The third kappa shape index (κ3) is 4.04. The van der Waals surface area contributed by atoms with Crippen LogP contribution < -0.4 is 10.6 Å². The molecule has 5 atom stereocenters. The lowest BCUT2D eigenvalue weighted by atomic mass is 9.89. The number of nitrogens with zero attached hydrogens (tertiary/aromatic N) is 1. The zero-order chi connectivity index (χ0) is 26.4. The van der Waals surface area contributed by atoms with Crippen LogP contribution in [0.1, 0.15) is 60.4 Å². The smallest absolute Gasteiger partial charge is 0.325 e. The molecule has 3 heterocycles. The van der Waals surface area contributed by atoms with Gasteiger partial charge in [-0.05, 0) is 36.1 Å². The van der Waals surface area contributed by atoms with Gasteiger partial charge in [-0.3, -0.25) is 19.2 Å². The van der Waals surface area contributed by atoms with Crippen LogP contribution in [0.15, 0.2) is 48.5 Å². The molecule has 2 aliphatic heterocycles. The second-order valence-electron chi connectivity index (χ2n) is 9.93. The fourth-order valence-corrected chi connectivity index (χ4v) is 5.45. The van der Waals surface area contributed by atoms with Gasteiger partial charge in [0.25, 0.3) is 5.91 Å². The molecular formula is C28H30N4O5. The number of amides is 3. The van der Waals surface area contributed by atoms with Gasteiger partial charge in [0.05, 0.1) is 6.04 Å². The molecule has 9 nitrogen and oxygen atoms in total. The van der Waals surface area contributed by atoms with E-state index in [1.165, 1.54) is 6.92 Å². The fourth-order valence-electron chi connectivity index (χ4n) is 5.45. The molecule has 0 saturated heterocycles. The first kappa shape index (κ1) is 24.5. The molecule has 0 saturated carbocycles. The Kier molecular flexibility index (Phi) is 6.23. The minimum absolute atomic E-state index is 0.228. The monoisotopic (exact) mass is 502 g/mol. The normalized spacial score (nSPS) is 20.4. The Morgan fingerprint density at radius 3 is 2.51 bits per heavy atom. The Morgan fingerprint density at radius 1 is 1.08 bits per heavy atom. The zero-order valence-corrected chi connectivity index (χ0v) is 20.9. The number of para-hydroxylation sites is 1. The van der Waals surface area contributed by atoms with Gasteiger partial charge in [0.2, 0.25) is 11.8 Å². The summed E-state index contributed by atoms with van der Waals surface area (Å²) < 4.78 is 0. The Labute approximate surface area is 214 Å². The first-order valence-electron chi connectivity index (χ1n) is 12.6.